The molecule has 3 aliphatic rings. The summed E-state index contributed by atoms with van der Waals surface area (Å²) in [5.74, 6) is -10.6. The van der Waals surface area contributed by atoms with Gasteiger partial charge in [0.15, 0.2) is 0 Å². The summed E-state index contributed by atoms with van der Waals surface area (Å²) in [5, 5.41) is 26.7. The number of fused-ring (bicyclic) bond motifs is 2. The van der Waals surface area contributed by atoms with Crippen LogP contribution in [0.2, 0.25) is 0 Å². The smallest absolute Gasteiger partial charge is 0.310 e. The lowest BCUT2D eigenvalue weighted by Gasteiger charge is -2.61. The molecular formula is C22H30N2O10. The standard InChI is InChI=1S/C22H30N2O10/c1-5-31-19(25)13-9-10(14(13)20(26)32-6-2)18(24-30)12-11(17(9)23-29)15(21(27)33-7-3)16(12)22(28)34-8-4/h9-16,29-30H,5-8H2,1-4H3/t9-,10-,11+,12+,13-,14-,15-,16+/m0/s1. The van der Waals surface area contributed by atoms with Crippen molar-refractivity contribution in [1.82, 2.24) is 0 Å². The molecule has 0 unspecified atom stereocenters. The van der Waals surface area contributed by atoms with Crippen molar-refractivity contribution in [2.75, 3.05) is 26.4 Å². The van der Waals surface area contributed by atoms with E-state index in [4.69, 9.17) is 18.9 Å². The van der Waals surface area contributed by atoms with Gasteiger partial charge in [0.05, 0.1) is 61.5 Å². The van der Waals surface area contributed by atoms with Crippen molar-refractivity contribution >= 4 is 35.3 Å². The second-order valence-corrected chi connectivity index (χ2v) is 8.26. The minimum atomic E-state index is -1.07. The Hall–Kier alpha value is -3.18. The Labute approximate surface area is 196 Å². The van der Waals surface area contributed by atoms with E-state index in [1.54, 1.807) is 27.7 Å². The third kappa shape index (κ3) is 3.78. The summed E-state index contributed by atoms with van der Waals surface area (Å²) in [6, 6.07) is 0. The molecule has 2 N–H and O–H groups in total. The van der Waals surface area contributed by atoms with Crippen LogP contribution in [0.1, 0.15) is 27.7 Å². The van der Waals surface area contributed by atoms with Crippen LogP contribution < -0.4 is 0 Å². The Bertz CT molecular complexity index is 764. The van der Waals surface area contributed by atoms with Crippen molar-refractivity contribution < 1.29 is 48.5 Å². The molecular weight excluding hydrogens is 452 g/mol. The van der Waals surface area contributed by atoms with E-state index in [1.165, 1.54) is 0 Å². The lowest BCUT2D eigenvalue weighted by Crippen LogP contribution is -2.73. The van der Waals surface area contributed by atoms with Crippen LogP contribution in [0, 0.1) is 47.3 Å². The number of carbonyl (C=O) groups excluding carboxylic acids is 4. The monoisotopic (exact) mass is 482 g/mol. The highest BCUT2D eigenvalue weighted by atomic mass is 16.5. The topological polar surface area (TPSA) is 170 Å². The van der Waals surface area contributed by atoms with Crippen LogP contribution in [0.3, 0.4) is 0 Å². The van der Waals surface area contributed by atoms with Gasteiger partial charge >= 0.3 is 23.9 Å². The predicted octanol–water partition coefficient (Wildman–Crippen LogP) is 0.870. The van der Waals surface area contributed by atoms with Gasteiger partial charge in [0.25, 0.3) is 0 Å². The van der Waals surface area contributed by atoms with Gasteiger partial charge in [0.1, 0.15) is 0 Å². The van der Waals surface area contributed by atoms with Gasteiger partial charge in [0, 0.05) is 23.7 Å². The molecule has 0 aromatic heterocycles. The zero-order valence-electron chi connectivity index (χ0n) is 19.5. The number of carbonyl (C=O) groups is 4. The van der Waals surface area contributed by atoms with Crippen LogP contribution in [0.25, 0.3) is 0 Å². The summed E-state index contributed by atoms with van der Waals surface area (Å²) >= 11 is 0. The largest absolute Gasteiger partial charge is 0.466 e. The van der Waals surface area contributed by atoms with Crippen molar-refractivity contribution in [3.63, 3.8) is 0 Å². The van der Waals surface area contributed by atoms with Crippen LogP contribution in [0.15, 0.2) is 10.3 Å². The molecule has 0 radical (unpaired) electrons. The zero-order valence-corrected chi connectivity index (χ0v) is 19.5. The summed E-state index contributed by atoms with van der Waals surface area (Å²) in [6.07, 6.45) is 0. The van der Waals surface area contributed by atoms with Crippen molar-refractivity contribution in [3.8, 4) is 0 Å². The molecule has 3 rings (SSSR count). The zero-order chi connectivity index (χ0) is 25.2. The fourth-order valence-electron chi connectivity index (χ4n) is 5.81. The highest BCUT2D eigenvalue weighted by Crippen LogP contribution is 2.62. The van der Waals surface area contributed by atoms with Crippen LogP contribution in [0.4, 0.5) is 0 Å². The molecule has 34 heavy (non-hydrogen) atoms. The summed E-state index contributed by atoms with van der Waals surface area (Å²) in [7, 11) is 0. The number of hydrogen-bond donors (Lipinski definition) is 2. The first-order chi connectivity index (χ1) is 16.3. The van der Waals surface area contributed by atoms with Gasteiger partial charge in [-0.2, -0.15) is 0 Å². The number of esters is 4. The summed E-state index contributed by atoms with van der Waals surface area (Å²) < 4.78 is 20.6. The molecule has 0 aromatic rings. The molecule has 3 fully saturated rings. The molecule has 12 nitrogen and oxygen atoms in total. The first kappa shape index (κ1) is 25.4. The summed E-state index contributed by atoms with van der Waals surface area (Å²) in [6.45, 7) is 6.65. The van der Waals surface area contributed by atoms with Gasteiger partial charge in [-0.3, -0.25) is 19.2 Å². The van der Waals surface area contributed by atoms with Gasteiger partial charge < -0.3 is 29.4 Å². The minimum absolute atomic E-state index is 0.0528. The number of rotatable bonds is 8. The molecule has 0 bridgehead atoms. The van der Waals surface area contributed by atoms with E-state index in [0.29, 0.717) is 0 Å². The van der Waals surface area contributed by atoms with Crippen LogP contribution in [-0.2, 0) is 38.1 Å². The first-order valence-electron chi connectivity index (χ1n) is 11.4. The van der Waals surface area contributed by atoms with E-state index in [9.17, 15) is 29.6 Å². The number of oxime groups is 2. The SMILES string of the molecule is CCOC(=O)[C@@H]1[C@@H](C(=O)OCC)[C@H]2C(=NO)[C@H]3[C@@H](C(=O)OCC)[C@@H](C(=O)OCC)[C@@H]3C(=NO)[C@H]12. The Kier molecular flexibility index (Phi) is 7.78. The van der Waals surface area contributed by atoms with Crippen LogP contribution >= 0.6 is 0 Å². The third-order valence-electron chi connectivity index (χ3n) is 6.93. The Morgan fingerprint density at radius 2 is 0.765 bits per heavy atom. The van der Waals surface area contributed by atoms with E-state index < -0.39 is 71.2 Å². The molecule has 0 amide bonds. The van der Waals surface area contributed by atoms with Crippen LogP contribution in [-0.4, -0.2) is 72.1 Å². The Morgan fingerprint density at radius 3 is 0.912 bits per heavy atom. The molecule has 188 valence electrons. The predicted molar refractivity (Wildman–Crippen MR) is 113 cm³/mol. The van der Waals surface area contributed by atoms with Crippen molar-refractivity contribution in [2.24, 2.45) is 57.7 Å². The van der Waals surface area contributed by atoms with E-state index in [-0.39, 0.29) is 37.9 Å². The summed E-state index contributed by atoms with van der Waals surface area (Å²) in [5.41, 5.74) is 0.110. The highest BCUT2D eigenvalue weighted by molar-refractivity contribution is 6.15. The fourth-order valence-corrected chi connectivity index (χ4v) is 5.81. The van der Waals surface area contributed by atoms with Crippen molar-refractivity contribution in [3.05, 3.63) is 0 Å². The molecule has 0 heterocycles. The maximum atomic E-state index is 12.8. The Morgan fingerprint density at radius 1 is 0.559 bits per heavy atom. The Balaban J connectivity index is 2.10. The van der Waals surface area contributed by atoms with Gasteiger partial charge in [-0.1, -0.05) is 10.3 Å². The van der Waals surface area contributed by atoms with Crippen LogP contribution in [0.5, 0.6) is 0 Å². The fraction of sp³-hybridized carbons (Fsp3) is 0.727. The van der Waals surface area contributed by atoms with Crippen molar-refractivity contribution in [1.29, 1.82) is 0 Å². The number of hydrogen-bond acceptors (Lipinski definition) is 12. The highest BCUT2D eigenvalue weighted by Gasteiger charge is 2.74. The minimum Gasteiger partial charge on any atom is -0.466 e. The lowest BCUT2D eigenvalue weighted by atomic mass is 9.39. The molecule has 12 heteroatoms. The second kappa shape index (κ2) is 10.4. The first-order valence-corrected chi connectivity index (χ1v) is 11.4. The average Bonchev–Trinajstić information content (AvgIpc) is 2.76. The van der Waals surface area contributed by atoms with E-state index in [1.807, 2.05) is 0 Å². The lowest BCUT2D eigenvalue weighted by molar-refractivity contribution is -0.181. The second-order valence-electron chi connectivity index (χ2n) is 8.26. The van der Waals surface area contributed by atoms with Crippen molar-refractivity contribution in [2.45, 2.75) is 27.7 Å². The average molecular weight is 482 g/mol. The molecule has 0 aliphatic heterocycles. The van der Waals surface area contributed by atoms with Gasteiger partial charge in [-0.15, -0.1) is 0 Å². The maximum Gasteiger partial charge on any atom is 0.310 e. The number of nitrogens with zero attached hydrogens (tertiary/aromatic N) is 2. The van der Waals surface area contributed by atoms with Gasteiger partial charge in [-0.05, 0) is 27.7 Å². The molecule has 8 atom stereocenters. The molecule has 0 saturated heterocycles. The molecule has 0 spiro atoms. The quantitative estimate of drug-likeness (QED) is 0.219. The summed E-state index contributed by atoms with van der Waals surface area (Å²) in [4.78, 5) is 51.2. The van der Waals surface area contributed by atoms with Gasteiger partial charge in [0.2, 0.25) is 0 Å². The third-order valence-corrected chi connectivity index (χ3v) is 6.93. The van der Waals surface area contributed by atoms with E-state index in [2.05, 4.69) is 10.3 Å². The maximum absolute atomic E-state index is 12.8. The molecule has 3 aliphatic carbocycles. The molecule has 3 saturated carbocycles. The molecule has 0 aromatic carbocycles. The number of ether oxygens (including phenoxy) is 4. The normalized spacial score (nSPS) is 35.8. The van der Waals surface area contributed by atoms with E-state index in [0.717, 1.165) is 0 Å². The van der Waals surface area contributed by atoms with Gasteiger partial charge in [-0.25, -0.2) is 0 Å². The van der Waals surface area contributed by atoms with E-state index >= 15 is 0 Å².